The van der Waals surface area contributed by atoms with E-state index in [0.29, 0.717) is 48.0 Å². The molecule has 36 heavy (non-hydrogen) atoms. The number of aromatic nitrogens is 2. The van der Waals surface area contributed by atoms with Gasteiger partial charge in [0.05, 0.1) is 5.52 Å². The van der Waals surface area contributed by atoms with Crippen molar-refractivity contribution in [2.45, 2.75) is 18.9 Å². The van der Waals surface area contributed by atoms with Crippen molar-refractivity contribution < 1.29 is 13.9 Å². The van der Waals surface area contributed by atoms with Gasteiger partial charge in [-0.25, -0.2) is 4.39 Å². The van der Waals surface area contributed by atoms with Crippen molar-refractivity contribution in [3.8, 4) is 17.1 Å². The molecular weight excluding hydrogens is 477 g/mol. The van der Waals surface area contributed by atoms with Crippen LogP contribution < -0.4 is 15.4 Å². The van der Waals surface area contributed by atoms with Gasteiger partial charge in [0.25, 0.3) is 0 Å². The number of fused-ring (bicyclic) bond motifs is 2. The fraction of sp³-hybridized carbons (Fsp3) is 0.296. The zero-order valence-electron chi connectivity index (χ0n) is 20.1. The second kappa shape index (κ2) is 10.6. The van der Waals surface area contributed by atoms with Crippen LogP contribution in [0.15, 0.2) is 54.4 Å². The van der Waals surface area contributed by atoms with Crippen LogP contribution in [0.4, 0.5) is 10.2 Å². The van der Waals surface area contributed by atoms with Gasteiger partial charge in [-0.05, 0) is 61.5 Å². The Hall–Kier alpha value is -3.56. The number of hydrogen-bond acceptors (Lipinski definition) is 7. The van der Waals surface area contributed by atoms with Crippen LogP contribution in [0.1, 0.15) is 12.8 Å². The molecule has 9 heteroatoms. The molecule has 3 heterocycles. The summed E-state index contributed by atoms with van der Waals surface area (Å²) in [5, 5.41) is 9.55. The van der Waals surface area contributed by atoms with E-state index in [9.17, 15) is 4.79 Å². The molecule has 186 valence electrons. The van der Waals surface area contributed by atoms with Crippen molar-refractivity contribution in [2.24, 2.45) is 0 Å². The number of nitrogens with zero attached hydrogens (tertiary/aromatic N) is 3. The number of carbonyl (C=O) groups is 1. The zero-order valence-corrected chi connectivity index (χ0v) is 20.9. The Balaban J connectivity index is 1.50. The number of ether oxygens (including phenoxy) is 1. The number of amides is 1. The molecule has 0 saturated carbocycles. The van der Waals surface area contributed by atoms with Crippen molar-refractivity contribution in [1.29, 1.82) is 0 Å². The Bertz CT molecular complexity index is 1420. The summed E-state index contributed by atoms with van der Waals surface area (Å²) in [5.41, 5.74) is 1.90. The summed E-state index contributed by atoms with van der Waals surface area (Å²) >= 11 is 1.59. The van der Waals surface area contributed by atoms with Crippen molar-refractivity contribution in [3.05, 3.63) is 60.3 Å². The molecule has 2 aromatic carbocycles. The zero-order chi connectivity index (χ0) is 25.1. The first kappa shape index (κ1) is 24.1. The molecule has 2 aromatic heterocycles. The second-order valence-electron chi connectivity index (χ2n) is 8.86. The van der Waals surface area contributed by atoms with Crippen molar-refractivity contribution >= 4 is 44.1 Å². The number of halogens is 1. The van der Waals surface area contributed by atoms with E-state index in [1.165, 1.54) is 12.1 Å². The van der Waals surface area contributed by atoms with Gasteiger partial charge in [0.15, 0.2) is 0 Å². The molecule has 4 aromatic rings. The molecule has 7 nitrogen and oxygen atoms in total. The number of rotatable bonds is 9. The smallest absolute Gasteiger partial charge is 0.318 e. The molecule has 0 bridgehead atoms. The van der Waals surface area contributed by atoms with Gasteiger partial charge in [-0.1, -0.05) is 24.8 Å². The minimum absolute atomic E-state index is 0.243. The van der Waals surface area contributed by atoms with Crippen molar-refractivity contribution in [1.82, 2.24) is 20.2 Å². The van der Waals surface area contributed by atoms with Crippen LogP contribution >= 0.6 is 11.3 Å². The summed E-state index contributed by atoms with van der Waals surface area (Å²) in [6.07, 6.45) is 3.43. The lowest BCUT2D eigenvalue weighted by Gasteiger charge is -2.19. The van der Waals surface area contributed by atoms with E-state index >= 15 is 4.39 Å². The molecule has 0 spiro atoms. The maximum Gasteiger partial charge on any atom is 0.318 e. The first-order valence-corrected chi connectivity index (χ1v) is 12.9. The van der Waals surface area contributed by atoms with E-state index < -0.39 is 0 Å². The highest BCUT2D eigenvalue weighted by atomic mass is 32.1. The highest BCUT2D eigenvalue weighted by molar-refractivity contribution is 7.17. The number of benzene rings is 2. The monoisotopic (exact) mass is 505 g/mol. The van der Waals surface area contributed by atoms with E-state index in [4.69, 9.17) is 4.74 Å². The standard InChI is InChI=1S/C27H28FN5O2S/c1-3-24(34)29-10-11-30-26-21-14-22(28)20(19-8-4-6-17-9-13-36-25(17)19)15-23(21)31-27(32-26)35-16-18-7-5-12-33(18)2/h3-4,6,8-9,13-15,18H,1,5,7,10-12,16H2,2H3,(H,29,34)(H,30,31,32)/t18-/m0/s1. The molecule has 1 amide bonds. The largest absolute Gasteiger partial charge is 0.462 e. The predicted octanol–water partition coefficient (Wildman–Crippen LogP) is 4.84. The Morgan fingerprint density at radius 1 is 1.28 bits per heavy atom. The minimum atomic E-state index is -0.351. The van der Waals surface area contributed by atoms with Crippen LogP contribution in [0.2, 0.25) is 0 Å². The summed E-state index contributed by atoms with van der Waals surface area (Å²) in [7, 11) is 2.09. The van der Waals surface area contributed by atoms with Crippen molar-refractivity contribution in [3.63, 3.8) is 0 Å². The molecule has 1 atom stereocenters. The number of nitrogens with one attached hydrogen (secondary N) is 2. The van der Waals surface area contributed by atoms with Gasteiger partial charge in [-0.2, -0.15) is 9.97 Å². The lowest BCUT2D eigenvalue weighted by atomic mass is 10.0. The Morgan fingerprint density at radius 3 is 2.97 bits per heavy atom. The third-order valence-corrected chi connectivity index (χ3v) is 7.48. The lowest BCUT2D eigenvalue weighted by Crippen LogP contribution is -2.31. The van der Waals surface area contributed by atoms with Crippen LogP contribution in [0.25, 0.3) is 32.1 Å². The Labute approximate surface area is 213 Å². The number of likely N-dealkylation sites (tertiary alicyclic amines) is 1. The quantitative estimate of drug-likeness (QED) is 0.250. The van der Waals surface area contributed by atoms with Crippen LogP contribution in [-0.4, -0.2) is 60.1 Å². The molecule has 5 rings (SSSR count). The van der Waals surface area contributed by atoms with Gasteiger partial charge in [-0.3, -0.25) is 4.79 Å². The molecule has 0 unspecified atom stereocenters. The van der Waals surface area contributed by atoms with Crippen molar-refractivity contribution in [2.75, 3.05) is 38.6 Å². The molecule has 1 saturated heterocycles. The summed E-state index contributed by atoms with van der Waals surface area (Å²) in [6.45, 7) is 5.75. The minimum Gasteiger partial charge on any atom is -0.462 e. The van der Waals surface area contributed by atoms with E-state index in [1.54, 1.807) is 17.4 Å². The molecule has 1 aliphatic rings. The maximum absolute atomic E-state index is 15.5. The Kier molecular flexibility index (Phi) is 7.11. The van der Waals surface area contributed by atoms with Gasteiger partial charge in [-0.15, -0.1) is 11.3 Å². The van der Waals surface area contributed by atoms with Gasteiger partial charge in [0, 0.05) is 40.3 Å². The van der Waals surface area contributed by atoms with Gasteiger partial charge in [0.1, 0.15) is 18.2 Å². The topological polar surface area (TPSA) is 79.4 Å². The van der Waals surface area contributed by atoms with E-state index in [0.717, 1.165) is 35.0 Å². The van der Waals surface area contributed by atoms with E-state index in [-0.39, 0.29) is 17.7 Å². The lowest BCUT2D eigenvalue weighted by molar-refractivity contribution is -0.116. The molecule has 2 N–H and O–H groups in total. The van der Waals surface area contributed by atoms with Gasteiger partial charge < -0.3 is 20.3 Å². The summed E-state index contributed by atoms with van der Waals surface area (Å²) in [6, 6.07) is 11.7. The molecule has 0 radical (unpaired) electrons. The summed E-state index contributed by atoms with van der Waals surface area (Å²) in [4.78, 5) is 22.9. The SMILES string of the molecule is C=CC(=O)NCCNc1nc(OC[C@@H]2CCCN2C)nc2cc(-c3cccc4ccsc34)c(F)cc12. The number of thiophene rings is 1. The van der Waals surface area contributed by atoms with E-state index in [1.807, 2.05) is 29.6 Å². The normalized spacial score (nSPS) is 15.9. The number of hydrogen-bond donors (Lipinski definition) is 2. The number of likely N-dealkylation sites (N-methyl/N-ethyl adjacent to an activating group) is 1. The fourth-order valence-electron chi connectivity index (χ4n) is 4.54. The second-order valence-corrected chi connectivity index (χ2v) is 9.77. The molecule has 1 fully saturated rings. The van der Waals surface area contributed by atoms with E-state index in [2.05, 4.69) is 39.1 Å². The predicted molar refractivity (Wildman–Crippen MR) is 143 cm³/mol. The third-order valence-electron chi connectivity index (χ3n) is 6.51. The summed E-state index contributed by atoms with van der Waals surface area (Å²) < 4.78 is 22.5. The summed E-state index contributed by atoms with van der Waals surface area (Å²) in [5.74, 6) is -0.147. The third kappa shape index (κ3) is 5.03. The number of carbonyl (C=O) groups excluding carboxylic acids is 1. The van der Waals surface area contributed by atoms with Gasteiger partial charge in [0.2, 0.25) is 5.91 Å². The average molecular weight is 506 g/mol. The van der Waals surface area contributed by atoms with Crippen LogP contribution in [-0.2, 0) is 4.79 Å². The van der Waals surface area contributed by atoms with Crippen LogP contribution in [0.5, 0.6) is 6.01 Å². The molecule has 0 aliphatic carbocycles. The highest BCUT2D eigenvalue weighted by Crippen LogP contribution is 2.36. The van der Waals surface area contributed by atoms with Crippen LogP contribution in [0, 0.1) is 5.82 Å². The molecule has 1 aliphatic heterocycles. The average Bonchev–Trinajstić information content (AvgIpc) is 3.53. The first-order chi connectivity index (χ1) is 17.5. The highest BCUT2D eigenvalue weighted by Gasteiger charge is 2.22. The Morgan fingerprint density at radius 2 is 2.17 bits per heavy atom. The first-order valence-electron chi connectivity index (χ1n) is 12.0. The maximum atomic E-state index is 15.5. The number of anilines is 1. The fourth-order valence-corrected chi connectivity index (χ4v) is 5.47. The van der Waals surface area contributed by atoms with Crippen LogP contribution in [0.3, 0.4) is 0 Å². The van der Waals surface area contributed by atoms with Gasteiger partial charge >= 0.3 is 6.01 Å². The molecular formula is C27H28FN5O2S.